The monoisotopic (exact) mass is 414 g/mol. The van der Waals surface area contributed by atoms with Crippen LogP contribution in [0.3, 0.4) is 0 Å². The summed E-state index contributed by atoms with van der Waals surface area (Å²) in [4.78, 5) is 38.4. The highest BCUT2D eigenvalue weighted by atomic mass is 16.6. The fraction of sp³-hybridized carbons (Fsp3) is 0.421. The molecule has 0 bridgehead atoms. The summed E-state index contributed by atoms with van der Waals surface area (Å²) in [7, 11) is 0. The van der Waals surface area contributed by atoms with Gasteiger partial charge in [0.1, 0.15) is 12.3 Å². The van der Waals surface area contributed by atoms with Gasteiger partial charge in [0.15, 0.2) is 16.9 Å². The Balaban J connectivity index is 1.28. The number of nitrogens with one attached hydrogen (secondary N) is 1. The van der Waals surface area contributed by atoms with Gasteiger partial charge in [0.2, 0.25) is 5.95 Å². The van der Waals surface area contributed by atoms with E-state index in [0.29, 0.717) is 37.1 Å². The number of nitrogen functional groups attached to an aromatic ring is 1. The van der Waals surface area contributed by atoms with Crippen LogP contribution in [0.5, 0.6) is 0 Å². The molecule has 3 aromatic rings. The number of Topliss-reactive ketones (excluding diaryl/α,β-unsaturated/α-hetero) is 1. The minimum Gasteiger partial charge on any atom is -0.390 e. The van der Waals surface area contributed by atoms with Gasteiger partial charge in [-0.3, -0.25) is 24.1 Å². The molecule has 11 heteroatoms. The summed E-state index contributed by atoms with van der Waals surface area (Å²) in [6, 6.07) is 3.46. The number of ketones is 1. The predicted molar refractivity (Wildman–Crippen MR) is 106 cm³/mol. The van der Waals surface area contributed by atoms with E-state index < -0.39 is 24.0 Å². The van der Waals surface area contributed by atoms with Crippen molar-refractivity contribution in [2.24, 2.45) is 0 Å². The van der Waals surface area contributed by atoms with E-state index in [9.17, 15) is 14.7 Å². The molecule has 30 heavy (non-hydrogen) atoms. The predicted octanol–water partition coefficient (Wildman–Crippen LogP) is 0.425. The molecule has 0 saturated carbocycles. The van der Waals surface area contributed by atoms with Gasteiger partial charge >= 0.3 is 0 Å². The maximum atomic E-state index is 12.0. The second-order valence-electron chi connectivity index (χ2n) is 7.05. The number of fused-ring (bicyclic) bond motifs is 1. The van der Waals surface area contributed by atoms with Crippen LogP contribution in [-0.4, -0.2) is 60.8 Å². The topological polar surface area (TPSA) is 158 Å². The smallest absolute Gasteiger partial charge is 0.280 e. The van der Waals surface area contributed by atoms with Crippen LogP contribution in [0.25, 0.3) is 11.2 Å². The van der Waals surface area contributed by atoms with Gasteiger partial charge in [-0.2, -0.15) is 4.98 Å². The van der Waals surface area contributed by atoms with Crippen LogP contribution >= 0.6 is 0 Å². The molecule has 4 N–H and O–H groups in total. The van der Waals surface area contributed by atoms with Gasteiger partial charge < -0.3 is 20.3 Å². The Hall–Kier alpha value is -3.15. The molecule has 3 aromatic heterocycles. The van der Waals surface area contributed by atoms with Crippen molar-refractivity contribution >= 4 is 22.9 Å². The minimum absolute atomic E-state index is 0.0117. The third-order valence-electron chi connectivity index (χ3n) is 4.92. The Bertz CT molecular complexity index is 1080. The lowest BCUT2D eigenvalue weighted by Crippen LogP contribution is -2.26. The third-order valence-corrected chi connectivity index (χ3v) is 4.92. The molecule has 0 unspecified atom stereocenters. The lowest BCUT2D eigenvalue weighted by Gasteiger charge is -2.16. The quantitative estimate of drug-likeness (QED) is 0.351. The number of carbonyl (C=O) groups is 1. The molecule has 0 radical (unpaired) electrons. The molecule has 11 nitrogen and oxygen atoms in total. The first-order valence-electron chi connectivity index (χ1n) is 9.59. The molecular weight excluding hydrogens is 392 g/mol. The van der Waals surface area contributed by atoms with Crippen LogP contribution in [-0.2, 0) is 9.47 Å². The number of hydrogen-bond acceptors (Lipinski definition) is 9. The highest BCUT2D eigenvalue weighted by Gasteiger charge is 2.36. The van der Waals surface area contributed by atoms with Crippen molar-refractivity contribution in [2.75, 3.05) is 18.9 Å². The third kappa shape index (κ3) is 4.22. The first kappa shape index (κ1) is 20.1. The van der Waals surface area contributed by atoms with E-state index in [1.807, 2.05) is 0 Å². The molecular formula is C19H22N6O5. The number of nitrogens with two attached hydrogens (primary N) is 1. The van der Waals surface area contributed by atoms with Gasteiger partial charge in [-0.1, -0.05) is 0 Å². The first-order valence-corrected chi connectivity index (χ1v) is 9.59. The number of carbonyl (C=O) groups excluding carboxylic acids is 1. The lowest BCUT2D eigenvalue weighted by molar-refractivity contribution is -0.0615. The molecule has 158 valence electrons. The van der Waals surface area contributed by atoms with Crippen LogP contribution in [0, 0.1) is 0 Å². The molecule has 4 heterocycles. The van der Waals surface area contributed by atoms with E-state index >= 15 is 0 Å². The van der Waals surface area contributed by atoms with Gasteiger partial charge in [0, 0.05) is 37.4 Å². The fourth-order valence-corrected chi connectivity index (χ4v) is 3.40. The summed E-state index contributed by atoms with van der Waals surface area (Å²) in [5.74, 6) is -0.00817. The SMILES string of the molecule is Nc1nc2c(ncn2[C@H]2C[C@H](O)[C@@H](COCCCC(=O)c3cccnc3)O2)c(=O)[nH]1. The van der Waals surface area contributed by atoms with Crippen molar-refractivity contribution in [1.82, 2.24) is 24.5 Å². The Morgan fingerprint density at radius 2 is 2.33 bits per heavy atom. The number of rotatable bonds is 8. The number of anilines is 1. The molecule has 0 amide bonds. The number of aromatic amines is 1. The minimum atomic E-state index is -0.746. The van der Waals surface area contributed by atoms with E-state index in [-0.39, 0.29) is 23.9 Å². The zero-order chi connectivity index (χ0) is 21.1. The van der Waals surface area contributed by atoms with E-state index in [2.05, 4.69) is 19.9 Å². The van der Waals surface area contributed by atoms with Crippen molar-refractivity contribution in [3.8, 4) is 0 Å². The van der Waals surface area contributed by atoms with Crippen LogP contribution in [0.15, 0.2) is 35.6 Å². The fourth-order valence-electron chi connectivity index (χ4n) is 3.40. The van der Waals surface area contributed by atoms with E-state index in [1.165, 1.54) is 6.33 Å². The Morgan fingerprint density at radius 3 is 3.13 bits per heavy atom. The van der Waals surface area contributed by atoms with Gasteiger partial charge in [-0.05, 0) is 18.6 Å². The molecule has 0 aromatic carbocycles. The highest BCUT2D eigenvalue weighted by Crippen LogP contribution is 2.30. The van der Waals surface area contributed by atoms with Crippen LogP contribution in [0.2, 0.25) is 0 Å². The summed E-state index contributed by atoms with van der Waals surface area (Å²) >= 11 is 0. The second-order valence-corrected chi connectivity index (χ2v) is 7.05. The summed E-state index contributed by atoms with van der Waals surface area (Å²) in [6.45, 7) is 0.548. The number of ether oxygens (including phenoxy) is 2. The number of pyridine rings is 1. The number of imidazole rings is 1. The van der Waals surface area contributed by atoms with E-state index in [0.717, 1.165) is 0 Å². The van der Waals surface area contributed by atoms with Gasteiger partial charge in [0.05, 0.1) is 19.0 Å². The Morgan fingerprint density at radius 1 is 1.47 bits per heavy atom. The first-order chi connectivity index (χ1) is 14.5. The van der Waals surface area contributed by atoms with Gasteiger partial charge in [0.25, 0.3) is 5.56 Å². The summed E-state index contributed by atoms with van der Waals surface area (Å²) in [5, 5.41) is 10.3. The molecule has 4 rings (SSSR count). The van der Waals surface area contributed by atoms with Gasteiger partial charge in [-0.15, -0.1) is 0 Å². The molecule has 1 saturated heterocycles. The molecule has 1 aliphatic heterocycles. The number of nitrogens with zero attached hydrogens (tertiary/aromatic N) is 4. The number of aliphatic hydroxyl groups is 1. The average Bonchev–Trinajstić information content (AvgIpc) is 3.31. The highest BCUT2D eigenvalue weighted by molar-refractivity contribution is 5.95. The number of aromatic nitrogens is 5. The van der Waals surface area contributed by atoms with Crippen LogP contribution in [0.1, 0.15) is 35.8 Å². The zero-order valence-electron chi connectivity index (χ0n) is 16.1. The van der Waals surface area contributed by atoms with E-state index in [4.69, 9.17) is 15.2 Å². The van der Waals surface area contributed by atoms with Gasteiger partial charge in [-0.25, -0.2) is 4.98 Å². The molecule has 1 fully saturated rings. The second kappa shape index (κ2) is 8.69. The molecule has 3 atom stereocenters. The Kier molecular flexibility index (Phi) is 5.84. The zero-order valence-corrected chi connectivity index (χ0v) is 16.1. The summed E-state index contributed by atoms with van der Waals surface area (Å²) in [5.41, 5.74) is 6.21. The largest absolute Gasteiger partial charge is 0.390 e. The number of aliphatic hydroxyl groups excluding tert-OH is 1. The lowest BCUT2D eigenvalue weighted by atomic mass is 10.1. The molecule has 1 aliphatic rings. The number of hydrogen-bond donors (Lipinski definition) is 3. The Labute approximate surface area is 170 Å². The number of H-pyrrole nitrogens is 1. The molecule has 0 spiro atoms. The average molecular weight is 414 g/mol. The summed E-state index contributed by atoms with van der Waals surface area (Å²) < 4.78 is 13.1. The van der Waals surface area contributed by atoms with E-state index in [1.54, 1.807) is 29.1 Å². The van der Waals surface area contributed by atoms with Crippen molar-refractivity contribution in [2.45, 2.75) is 37.7 Å². The summed E-state index contributed by atoms with van der Waals surface area (Å²) in [6.07, 6.45) is 3.98. The standard InChI is InChI=1S/C19H22N6O5/c20-19-23-17-16(18(28)24-19)22-10-25(17)15-7-13(27)14(30-15)9-29-6-2-4-12(26)11-3-1-5-21-8-11/h1,3,5,8,10,13-15,27H,2,4,6-7,9H2,(H3,20,23,24,28)/t13-,14+,15+/m0/s1. The van der Waals surface area contributed by atoms with Crippen LogP contribution in [0.4, 0.5) is 5.95 Å². The van der Waals surface area contributed by atoms with Crippen molar-refractivity contribution < 1.29 is 19.4 Å². The van der Waals surface area contributed by atoms with Crippen molar-refractivity contribution in [1.29, 1.82) is 0 Å². The normalized spacial score (nSPS) is 21.3. The maximum absolute atomic E-state index is 12.0. The van der Waals surface area contributed by atoms with Crippen molar-refractivity contribution in [3.63, 3.8) is 0 Å². The molecule has 0 aliphatic carbocycles. The maximum Gasteiger partial charge on any atom is 0.280 e. The van der Waals surface area contributed by atoms with Crippen molar-refractivity contribution in [3.05, 3.63) is 46.8 Å². The van der Waals surface area contributed by atoms with Crippen LogP contribution < -0.4 is 11.3 Å².